The molecular formula is C12H12BrNO2. The van der Waals surface area contributed by atoms with Gasteiger partial charge in [0.25, 0.3) is 0 Å². The number of piperidine rings is 1. The van der Waals surface area contributed by atoms with E-state index >= 15 is 0 Å². The Labute approximate surface area is 103 Å². The van der Waals surface area contributed by atoms with Gasteiger partial charge in [0.1, 0.15) is 0 Å². The summed E-state index contributed by atoms with van der Waals surface area (Å²) in [6, 6.07) is 7.24. The molecule has 1 aliphatic rings. The van der Waals surface area contributed by atoms with Crippen LogP contribution < -0.4 is 4.90 Å². The standard InChI is InChI=1S/C12H12BrNO2/c1-8-5-11(15)14(12(16)6-8)10-4-2-3-9(13)7-10/h2-4,7-8H,5-6H2,1H3. The average molecular weight is 282 g/mol. The van der Waals surface area contributed by atoms with Gasteiger partial charge in [-0.25, -0.2) is 0 Å². The van der Waals surface area contributed by atoms with E-state index < -0.39 is 0 Å². The Morgan fingerprint density at radius 2 is 1.88 bits per heavy atom. The topological polar surface area (TPSA) is 37.4 Å². The molecule has 4 heteroatoms. The van der Waals surface area contributed by atoms with Crippen molar-refractivity contribution in [2.24, 2.45) is 5.92 Å². The van der Waals surface area contributed by atoms with Gasteiger partial charge in [0.05, 0.1) is 5.69 Å². The highest BCUT2D eigenvalue weighted by Gasteiger charge is 2.31. The van der Waals surface area contributed by atoms with Crippen molar-refractivity contribution in [1.82, 2.24) is 0 Å². The number of carbonyl (C=O) groups is 2. The van der Waals surface area contributed by atoms with Gasteiger partial charge in [-0.1, -0.05) is 28.9 Å². The van der Waals surface area contributed by atoms with E-state index in [-0.39, 0.29) is 17.7 Å². The van der Waals surface area contributed by atoms with Gasteiger partial charge >= 0.3 is 0 Å². The summed E-state index contributed by atoms with van der Waals surface area (Å²) in [6.45, 7) is 1.92. The fraction of sp³-hybridized carbons (Fsp3) is 0.333. The molecule has 0 unspecified atom stereocenters. The van der Waals surface area contributed by atoms with Crippen LogP contribution in [0.1, 0.15) is 19.8 Å². The Balaban J connectivity index is 2.33. The molecule has 1 aliphatic heterocycles. The summed E-state index contributed by atoms with van der Waals surface area (Å²) in [7, 11) is 0. The number of nitrogens with zero attached hydrogens (tertiary/aromatic N) is 1. The molecule has 16 heavy (non-hydrogen) atoms. The molecule has 0 N–H and O–H groups in total. The number of halogens is 1. The molecule has 1 heterocycles. The monoisotopic (exact) mass is 281 g/mol. The van der Waals surface area contributed by atoms with Crippen LogP contribution in [0.4, 0.5) is 5.69 Å². The molecular weight excluding hydrogens is 270 g/mol. The van der Waals surface area contributed by atoms with Crippen LogP contribution in [-0.4, -0.2) is 11.8 Å². The Bertz CT molecular complexity index is 426. The number of carbonyl (C=O) groups excluding carboxylic acids is 2. The lowest BCUT2D eigenvalue weighted by atomic mass is 9.97. The second kappa shape index (κ2) is 4.37. The molecule has 1 aromatic rings. The minimum absolute atomic E-state index is 0.109. The van der Waals surface area contributed by atoms with Gasteiger partial charge in [-0.2, -0.15) is 0 Å². The third-order valence-corrected chi connectivity index (χ3v) is 3.10. The summed E-state index contributed by atoms with van der Waals surface area (Å²) in [5.41, 5.74) is 0.649. The van der Waals surface area contributed by atoms with Gasteiger partial charge in [0, 0.05) is 17.3 Å². The maximum atomic E-state index is 11.8. The first kappa shape index (κ1) is 11.3. The van der Waals surface area contributed by atoms with Crippen molar-refractivity contribution < 1.29 is 9.59 Å². The summed E-state index contributed by atoms with van der Waals surface area (Å²) in [4.78, 5) is 24.9. The van der Waals surface area contributed by atoms with Crippen molar-refractivity contribution in [2.75, 3.05) is 4.90 Å². The summed E-state index contributed by atoms with van der Waals surface area (Å²) < 4.78 is 0.865. The molecule has 0 aromatic heterocycles. The van der Waals surface area contributed by atoms with Crippen LogP contribution in [0.5, 0.6) is 0 Å². The van der Waals surface area contributed by atoms with Crippen LogP contribution in [-0.2, 0) is 9.59 Å². The van der Waals surface area contributed by atoms with Crippen LogP contribution in [0.15, 0.2) is 28.7 Å². The maximum Gasteiger partial charge on any atom is 0.234 e. The molecule has 3 nitrogen and oxygen atoms in total. The molecule has 2 rings (SSSR count). The first-order valence-electron chi connectivity index (χ1n) is 5.19. The Morgan fingerprint density at radius 3 is 2.44 bits per heavy atom. The lowest BCUT2D eigenvalue weighted by Crippen LogP contribution is -2.42. The number of anilines is 1. The van der Waals surface area contributed by atoms with E-state index in [0.717, 1.165) is 4.47 Å². The van der Waals surface area contributed by atoms with E-state index in [2.05, 4.69) is 15.9 Å². The fourth-order valence-electron chi connectivity index (χ4n) is 1.89. The zero-order chi connectivity index (χ0) is 11.7. The first-order chi connectivity index (χ1) is 7.58. The summed E-state index contributed by atoms with van der Waals surface area (Å²) in [5, 5.41) is 0. The third kappa shape index (κ3) is 2.16. The Hall–Kier alpha value is -1.16. The second-order valence-corrected chi connectivity index (χ2v) is 5.03. The van der Waals surface area contributed by atoms with Crippen molar-refractivity contribution in [2.45, 2.75) is 19.8 Å². The Morgan fingerprint density at radius 1 is 1.25 bits per heavy atom. The first-order valence-corrected chi connectivity index (χ1v) is 5.98. The van der Waals surface area contributed by atoms with E-state index in [4.69, 9.17) is 0 Å². The molecule has 0 spiro atoms. The van der Waals surface area contributed by atoms with Gasteiger partial charge in [-0.05, 0) is 24.1 Å². The molecule has 84 valence electrons. The number of hydrogen-bond donors (Lipinski definition) is 0. The van der Waals surface area contributed by atoms with Gasteiger partial charge in [0.15, 0.2) is 0 Å². The zero-order valence-electron chi connectivity index (χ0n) is 8.94. The third-order valence-electron chi connectivity index (χ3n) is 2.61. The normalized spacial score (nSPS) is 18.0. The van der Waals surface area contributed by atoms with Crippen molar-refractivity contribution in [1.29, 1.82) is 0 Å². The maximum absolute atomic E-state index is 11.8. The molecule has 0 radical (unpaired) electrons. The number of rotatable bonds is 1. The highest BCUT2D eigenvalue weighted by Crippen LogP contribution is 2.26. The van der Waals surface area contributed by atoms with Crippen molar-refractivity contribution in [3.63, 3.8) is 0 Å². The van der Waals surface area contributed by atoms with Crippen LogP contribution in [0.2, 0.25) is 0 Å². The largest absolute Gasteiger partial charge is 0.274 e. The van der Waals surface area contributed by atoms with E-state index in [1.807, 2.05) is 19.1 Å². The van der Waals surface area contributed by atoms with Gasteiger partial charge in [-0.3, -0.25) is 14.5 Å². The number of hydrogen-bond acceptors (Lipinski definition) is 2. The summed E-state index contributed by atoms with van der Waals surface area (Å²) >= 11 is 3.33. The van der Waals surface area contributed by atoms with E-state index in [1.54, 1.807) is 12.1 Å². The van der Waals surface area contributed by atoms with Gasteiger partial charge < -0.3 is 0 Å². The predicted molar refractivity (Wildman–Crippen MR) is 65.0 cm³/mol. The molecule has 0 bridgehead atoms. The Kier molecular flexibility index (Phi) is 3.10. The molecule has 2 amide bonds. The number of amides is 2. The zero-order valence-corrected chi connectivity index (χ0v) is 10.5. The van der Waals surface area contributed by atoms with Gasteiger partial charge in [0.2, 0.25) is 11.8 Å². The summed E-state index contributed by atoms with van der Waals surface area (Å²) in [5.74, 6) is -0.0629. The second-order valence-electron chi connectivity index (χ2n) is 4.12. The average Bonchev–Trinajstić information content (AvgIpc) is 2.15. The SMILES string of the molecule is CC1CC(=O)N(c2cccc(Br)c2)C(=O)C1. The van der Waals surface area contributed by atoms with Crippen LogP contribution in [0.25, 0.3) is 0 Å². The van der Waals surface area contributed by atoms with Gasteiger partial charge in [-0.15, -0.1) is 0 Å². The molecule has 0 atom stereocenters. The predicted octanol–water partition coefficient (Wildman–Crippen LogP) is 2.74. The summed E-state index contributed by atoms with van der Waals surface area (Å²) in [6.07, 6.45) is 0.885. The highest BCUT2D eigenvalue weighted by molar-refractivity contribution is 9.10. The highest BCUT2D eigenvalue weighted by atomic mass is 79.9. The van der Waals surface area contributed by atoms with Crippen LogP contribution in [0.3, 0.4) is 0 Å². The van der Waals surface area contributed by atoms with Crippen LogP contribution >= 0.6 is 15.9 Å². The fourth-order valence-corrected chi connectivity index (χ4v) is 2.28. The number of benzene rings is 1. The van der Waals surface area contributed by atoms with Crippen molar-refractivity contribution in [3.8, 4) is 0 Å². The van der Waals surface area contributed by atoms with E-state index in [9.17, 15) is 9.59 Å². The molecule has 1 saturated heterocycles. The molecule has 1 aromatic carbocycles. The lowest BCUT2D eigenvalue weighted by Gasteiger charge is -2.28. The van der Waals surface area contributed by atoms with E-state index in [0.29, 0.717) is 18.5 Å². The van der Waals surface area contributed by atoms with Crippen molar-refractivity contribution in [3.05, 3.63) is 28.7 Å². The molecule has 1 fully saturated rings. The minimum atomic E-state index is -0.109. The quantitative estimate of drug-likeness (QED) is 0.743. The molecule has 0 aliphatic carbocycles. The van der Waals surface area contributed by atoms with E-state index in [1.165, 1.54) is 4.90 Å². The van der Waals surface area contributed by atoms with Crippen LogP contribution in [0, 0.1) is 5.92 Å². The smallest absolute Gasteiger partial charge is 0.234 e. The molecule has 0 saturated carbocycles. The minimum Gasteiger partial charge on any atom is -0.274 e. The number of imide groups is 1. The van der Waals surface area contributed by atoms with Crippen molar-refractivity contribution >= 4 is 33.4 Å². The lowest BCUT2D eigenvalue weighted by molar-refractivity contribution is -0.130.